The van der Waals surface area contributed by atoms with Gasteiger partial charge in [0.2, 0.25) is 0 Å². The lowest BCUT2D eigenvalue weighted by Crippen LogP contribution is -2.34. The molecule has 1 aromatic rings. The monoisotopic (exact) mass is 287 g/mol. The molecule has 3 nitrogen and oxygen atoms in total. The van der Waals surface area contributed by atoms with Gasteiger partial charge in [-0.15, -0.1) is 0 Å². The van der Waals surface area contributed by atoms with Crippen LogP contribution in [0.5, 0.6) is 0 Å². The Balaban J connectivity index is 2.63. The molecule has 0 bridgehead atoms. The van der Waals surface area contributed by atoms with Crippen LogP contribution < -0.4 is 5.32 Å². The molecule has 106 valence electrons. The van der Waals surface area contributed by atoms with Gasteiger partial charge in [0.25, 0.3) is 5.91 Å². The van der Waals surface area contributed by atoms with E-state index in [9.17, 15) is 9.18 Å². The molecule has 0 atom stereocenters. The number of carbonyl (C=O) groups is 1. The average Bonchev–Trinajstić information content (AvgIpc) is 2.37. The summed E-state index contributed by atoms with van der Waals surface area (Å²) in [6.07, 6.45) is 1.48. The van der Waals surface area contributed by atoms with Gasteiger partial charge in [-0.25, -0.2) is 4.39 Å². The Bertz CT molecular complexity index is 449. The van der Waals surface area contributed by atoms with Crippen molar-refractivity contribution in [2.24, 2.45) is 5.41 Å². The number of aliphatic hydroxyl groups excluding tert-OH is 1. The summed E-state index contributed by atoms with van der Waals surface area (Å²) in [5.41, 5.74) is 0.0117. The van der Waals surface area contributed by atoms with Gasteiger partial charge in [-0.1, -0.05) is 31.5 Å². The molecular weight excluding hydrogens is 269 g/mol. The Kier molecular flexibility index (Phi) is 5.76. The zero-order chi connectivity index (χ0) is 14.5. The summed E-state index contributed by atoms with van der Waals surface area (Å²) >= 11 is 5.75. The van der Waals surface area contributed by atoms with Crippen molar-refractivity contribution < 1.29 is 14.3 Å². The Morgan fingerprint density at radius 3 is 2.79 bits per heavy atom. The van der Waals surface area contributed by atoms with Crippen molar-refractivity contribution in [3.8, 4) is 0 Å². The van der Waals surface area contributed by atoms with E-state index in [0.717, 1.165) is 6.42 Å². The highest BCUT2D eigenvalue weighted by molar-refractivity contribution is 6.34. The van der Waals surface area contributed by atoms with E-state index < -0.39 is 5.82 Å². The van der Waals surface area contributed by atoms with Gasteiger partial charge in [0.05, 0.1) is 10.6 Å². The highest BCUT2D eigenvalue weighted by Gasteiger charge is 2.20. The lowest BCUT2D eigenvalue weighted by atomic mass is 9.88. The third kappa shape index (κ3) is 4.80. The SMILES string of the molecule is CC(C)(CCCO)CNC(=O)c1cccc(F)c1Cl. The Hall–Kier alpha value is -1.13. The van der Waals surface area contributed by atoms with Gasteiger partial charge in [-0.05, 0) is 30.4 Å². The summed E-state index contributed by atoms with van der Waals surface area (Å²) in [5.74, 6) is -0.990. The normalized spacial score (nSPS) is 11.4. The van der Waals surface area contributed by atoms with Gasteiger partial charge < -0.3 is 10.4 Å². The predicted octanol–water partition coefficient (Wildman–Crippen LogP) is 3.01. The van der Waals surface area contributed by atoms with Crippen LogP contribution in [0.15, 0.2) is 18.2 Å². The number of carbonyl (C=O) groups excluding carboxylic acids is 1. The third-order valence-corrected chi connectivity index (χ3v) is 3.32. The van der Waals surface area contributed by atoms with E-state index >= 15 is 0 Å². The fourth-order valence-electron chi connectivity index (χ4n) is 1.74. The largest absolute Gasteiger partial charge is 0.396 e. The van der Waals surface area contributed by atoms with Crippen LogP contribution >= 0.6 is 11.6 Å². The van der Waals surface area contributed by atoms with Gasteiger partial charge in [0.1, 0.15) is 5.82 Å². The topological polar surface area (TPSA) is 49.3 Å². The predicted molar refractivity (Wildman–Crippen MR) is 73.8 cm³/mol. The number of aliphatic hydroxyl groups is 1. The first-order valence-electron chi connectivity index (χ1n) is 6.20. The van der Waals surface area contributed by atoms with Crippen LogP contribution in [0.1, 0.15) is 37.0 Å². The van der Waals surface area contributed by atoms with Crippen LogP contribution in [0.4, 0.5) is 4.39 Å². The first-order valence-corrected chi connectivity index (χ1v) is 6.58. The molecule has 5 heteroatoms. The number of hydrogen-bond donors (Lipinski definition) is 2. The van der Waals surface area contributed by atoms with Crippen LogP contribution in [-0.4, -0.2) is 24.2 Å². The summed E-state index contributed by atoms with van der Waals surface area (Å²) < 4.78 is 13.2. The zero-order valence-electron chi connectivity index (χ0n) is 11.2. The number of amides is 1. The molecule has 0 aliphatic rings. The summed E-state index contributed by atoms with van der Waals surface area (Å²) in [4.78, 5) is 11.9. The van der Waals surface area contributed by atoms with Crippen molar-refractivity contribution in [1.29, 1.82) is 0 Å². The molecule has 1 amide bonds. The van der Waals surface area contributed by atoms with E-state index in [0.29, 0.717) is 13.0 Å². The van der Waals surface area contributed by atoms with Crippen LogP contribution in [0.25, 0.3) is 0 Å². The number of halogens is 2. The van der Waals surface area contributed by atoms with Gasteiger partial charge >= 0.3 is 0 Å². The fourth-order valence-corrected chi connectivity index (χ4v) is 1.95. The van der Waals surface area contributed by atoms with E-state index in [1.807, 2.05) is 13.8 Å². The van der Waals surface area contributed by atoms with Gasteiger partial charge in [-0.2, -0.15) is 0 Å². The Morgan fingerprint density at radius 1 is 1.47 bits per heavy atom. The van der Waals surface area contributed by atoms with E-state index in [1.165, 1.54) is 18.2 Å². The summed E-state index contributed by atoms with van der Waals surface area (Å²) in [7, 11) is 0. The molecule has 0 unspecified atom stereocenters. The minimum Gasteiger partial charge on any atom is -0.396 e. The van der Waals surface area contributed by atoms with Crippen molar-refractivity contribution in [3.05, 3.63) is 34.6 Å². The number of nitrogens with one attached hydrogen (secondary N) is 1. The maximum atomic E-state index is 13.2. The molecule has 1 rings (SSSR count). The minimum absolute atomic E-state index is 0.127. The van der Waals surface area contributed by atoms with Crippen molar-refractivity contribution in [2.75, 3.05) is 13.2 Å². The molecule has 0 aliphatic carbocycles. The van der Waals surface area contributed by atoms with Crippen molar-refractivity contribution in [3.63, 3.8) is 0 Å². The molecule has 2 N–H and O–H groups in total. The molecule has 0 saturated heterocycles. The lowest BCUT2D eigenvalue weighted by Gasteiger charge is -2.24. The molecule has 0 spiro atoms. The van der Waals surface area contributed by atoms with Crippen LogP contribution in [0.3, 0.4) is 0 Å². The number of benzene rings is 1. The van der Waals surface area contributed by atoms with Gasteiger partial charge in [-0.3, -0.25) is 4.79 Å². The summed E-state index contributed by atoms with van der Waals surface area (Å²) in [6.45, 7) is 4.57. The Morgan fingerprint density at radius 2 is 2.16 bits per heavy atom. The second kappa shape index (κ2) is 6.87. The summed E-state index contributed by atoms with van der Waals surface area (Å²) in [6, 6.07) is 4.15. The highest BCUT2D eigenvalue weighted by atomic mass is 35.5. The fraction of sp³-hybridized carbons (Fsp3) is 0.500. The van der Waals surface area contributed by atoms with E-state index in [4.69, 9.17) is 16.7 Å². The van der Waals surface area contributed by atoms with Crippen LogP contribution in [0, 0.1) is 11.2 Å². The second-order valence-electron chi connectivity index (χ2n) is 5.28. The maximum Gasteiger partial charge on any atom is 0.252 e. The third-order valence-electron chi connectivity index (χ3n) is 2.94. The highest BCUT2D eigenvalue weighted by Crippen LogP contribution is 2.22. The standard InChI is InChI=1S/C14H19ClFNO2/c1-14(2,7-4-8-18)9-17-13(19)10-5-3-6-11(16)12(10)15/h3,5-6,18H,4,7-9H2,1-2H3,(H,17,19). The maximum absolute atomic E-state index is 13.2. The smallest absolute Gasteiger partial charge is 0.252 e. The van der Waals surface area contributed by atoms with Gasteiger partial charge in [0, 0.05) is 13.2 Å². The molecule has 1 aromatic carbocycles. The van der Waals surface area contributed by atoms with Crippen molar-refractivity contribution in [1.82, 2.24) is 5.32 Å². The average molecular weight is 288 g/mol. The van der Waals surface area contributed by atoms with Crippen LogP contribution in [-0.2, 0) is 0 Å². The van der Waals surface area contributed by atoms with Crippen LogP contribution in [0.2, 0.25) is 5.02 Å². The zero-order valence-corrected chi connectivity index (χ0v) is 11.9. The molecular formula is C14H19ClFNO2. The molecule has 0 heterocycles. The molecule has 0 aliphatic heterocycles. The van der Waals surface area contributed by atoms with E-state index in [2.05, 4.69) is 5.32 Å². The number of hydrogen-bond acceptors (Lipinski definition) is 2. The Labute approximate surface area is 117 Å². The molecule has 0 fully saturated rings. The van der Waals surface area contributed by atoms with Crippen molar-refractivity contribution >= 4 is 17.5 Å². The molecule has 0 radical (unpaired) electrons. The van der Waals surface area contributed by atoms with Crippen molar-refractivity contribution in [2.45, 2.75) is 26.7 Å². The van der Waals surface area contributed by atoms with Gasteiger partial charge in [0.15, 0.2) is 0 Å². The lowest BCUT2D eigenvalue weighted by molar-refractivity contribution is 0.0932. The molecule has 0 saturated carbocycles. The minimum atomic E-state index is -0.603. The molecule has 19 heavy (non-hydrogen) atoms. The first kappa shape index (κ1) is 15.9. The summed E-state index contributed by atoms with van der Waals surface area (Å²) in [5, 5.41) is 11.4. The first-order chi connectivity index (χ1) is 8.87. The molecule has 0 aromatic heterocycles. The second-order valence-corrected chi connectivity index (χ2v) is 5.65. The van der Waals surface area contributed by atoms with E-state index in [-0.39, 0.29) is 28.5 Å². The van der Waals surface area contributed by atoms with E-state index in [1.54, 1.807) is 0 Å². The quantitative estimate of drug-likeness (QED) is 0.845. The number of rotatable bonds is 6.